The van der Waals surface area contributed by atoms with Crippen LogP contribution >= 0.6 is 0 Å². The summed E-state index contributed by atoms with van der Waals surface area (Å²) in [4.78, 5) is 14.3. The first-order chi connectivity index (χ1) is 11.2. The minimum Gasteiger partial charge on any atom is -0.342 e. The second-order valence-corrected chi connectivity index (χ2v) is 6.79. The van der Waals surface area contributed by atoms with Gasteiger partial charge in [-0.05, 0) is 43.2 Å². The quantitative estimate of drug-likeness (QED) is 0.905. The number of carbonyl (C=O) groups excluding carboxylic acids is 1. The normalized spacial score (nSPS) is 21.4. The van der Waals surface area contributed by atoms with Crippen LogP contribution in [0.4, 0.5) is 13.2 Å². The molecule has 0 aromatic heterocycles. The van der Waals surface area contributed by atoms with Crippen LogP contribution in [0.25, 0.3) is 0 Å². The average molecular weight is 342 g/mol. The van der Waals surface area contributed by atoms with Crippen LogP contribution in [0.5, 0.6) is 0 Å². The van der Waals surface area contributed by atoms with Crippen molar-refractivity contribution in [2.24, 2.45) is 11.7 Å². The second-order valence-electron chi connectivity index (χ2n) is 6.79. The van der Waals surface area contributed by atoms with Crippen molar-refractivity contribution in [3.63, 3.8) is 0 Å². The Morgan fingerprint density at radius 2 is 2.00 bits per heavy atom. The number of carbonyl (C=O) groups is 1. The Hall–Kier alpha value is -1.56. The molecule has 134 valence electrons. The molecule has 3 nitrogen and oxygen atoms in total. The van der Waals surface area contributed by atoms with E-state index in [1.165, 1.54) is 12.1 Å². The minimum absolute atomic E-state index is 0.0176. The Morgan fingerprint density at radius 3 is 2.62 bits per heavy atom. The molecule has 1 aromatic carbocycles. The molecule has 6 heteroatoms. The van der Waals surface area contributed by atoms with Gasteiger partial charge in [0.25, 0.3) is 0 Å². The molecule has 2 N–H and O–H groups in total. The minimum atomic E-state index is -4.40. The van der Waals surface area contributed by atoms with Crippen molar-refractivity contribution in [3.05, 3.63) is 35.4 Å². The highest BCUT2D eigenvalue weighted by Crippen LogP contribution is 2.36. The molecule has 3 atom stereocenters. The number of hydrogen-bond acceptors (Lipinski definition) is 2. The SMILES string of the molecule is C[C@H](CC(=O)N1CCC[C@@H]([C@@H](C)N)C1)c1ccccc1C(F)(F)F. The number of benzene rings is 1. The molecule has 1 aliphatic heterocycles. The van der Waals surface area contributed by atoms with Gasteiger partial charge in [-0.3, -0.25) is 4.79 Å². The van der Waals surface area contributed by atoms with Gasteiger partial charge >= 0.3 is 6.18 Å². The predicted molar refractivity (Wildman–Crippen MR) is 87.4 cm³/mol. The van der Waals surface area contributed by atoms with Gasteiger partial charge in [-0.2, -0.15) is 13.2 Å². The Kier molecular flexibility index (Phi) is 5.91. The molecule has 0 saturated carbocycles. The van der Waals surface area contributed by atoms with Crippen molar-refractivity contribution in [1.29, 1.82) is 0 Å². The highest BCUT2D eigenvalue weighted by Gasteiger charge is 2.35. The number of amides is 1. The van der Waals surface area contributed by atoms with E-state index in [2.05, 4.69) is 0 Å². The molecular formula is C18H25F3N2O. The summed E-state index contributed by atoms with van der Waals surface area (Å²) >= 11 is 0. The van der Waals surface area contributed by atoms with Gasteiger partial charge in [-0.25, -0.2) is 0 Å². The predicted octanol–water partition coefficient (Wildman–Crippen LogP) is 3.78. The molecule has 0 aliphatic carbocycles. The van der Waals surface area contributed by atoms with Crippen LogP contribution in [0, 0.1) is 5.92 Å². The van der Waals surface area contributed by atoms with E-state index in [1.54, 1.807) is 17.9 Å². The summed E-state index contributed by atoms with van der Waals surface area (Å²) in [7, 11) is 0. The molecule has 2 rings (SSSR count). The Morgan fingerprint density at radius 1 is 1.33 bits per heavy atom. The molecule has 0 bridgehead atoms. The van der Waals surface area contributed by atoms with Gasteiger partial charge in [0.1, 0.15) is 0 Å². The number of rotatable bonds is 4. The van der Waals surface area contributed by atoms with E-state index >= 15 is 0 Å². The van der Waals surface area contributed by atoms with Crippen LogP contribution in [0.3, 0.4) is 0 Å². The van der Waals surface area contributed by atoms with E-state index in [1.807, 2.05) is 6.92 Å². The lowest BCUT2D eigenvalue weighted by Gasteiger charge is -2.35. The third-order valence-corrected chi connectivity index (χ3v) is 4.83. The zero-order valence-corrected chi connectivity index (χ0v) is 14.1. The van der Waals surface area contributed by atoms with Crippen molar-refractivity contribution in [3.8, 4) is 0 Å². The third kappa shape index (κ3) is 4.50. The van der Waals surface area contributed by atoms with E-state index in [4.69, 9.17) is 5.73 Å². The molecule has 24 heavy (non-hydrogen) atoms. The molecule has 1 aromatic rings. The fourth-order valence-corrected chi connectivity index (χ4v) is 3.35. The summed E-state index contributed by atoms with van der Waals surface area (Å²) in [6, 6.07) is 5.51. The van der Waals surface area contributed by atoms with Gasteiger partial charge < -0.3 is 10.6 Å². The number of nitrogens with zero attached hydrogens (tertiary/aromatic N) is 1. The average Bonchev–Trinajstić information content (AvgIpc) is 2.54. The highest BCUT2D eigenvalue weighted by atomic mass is 19.4. The standard InChI is InChI=1S/C18H25F3N2O/c1-12(15-7-3-4-8-16(15)18(19,20)21)10-17(24)23-9-5-6-14(11-23)13(2)22/h3-4,7-8,12-14H,5-6,9-11,22H2,1-2H3/t12-,13-,14-/m1/s1. The van der Waals surface area contributed by atoms with Crippen LogP contribution in [0.1, 0.15) is 50.2 Å². The number of halogens is 3. The topological polar surface area (TPSA) is 46.3 Å². The van der Waals surface area contributed by atoms with E-state index in [0.29, 0.717) is 13.1 Å². The smallest absolute Gasteiger partial charge is 0.342 e. The van der Waals surface area contributed by atoms with Gasteiger partial charge in [-0.15, -0.1) is 0 Å². The molecular weight excluding hydrogens is 317 g/mol. The fraction of sp³-hybridized carbons (Fsp3) is 0.611. The summed E-state index contributed by atoms with van der Waals surface area (Å²) in [5.41, 5.74) is 5.45. The Bertz CT molecular complexity index is 572. The zero-order valence-electron chi connectivity index (χ0n) is 14.1. The lowest BCUT2D eigenvalue weighted by molar-refractivity contribution is -0.139. The maximum Gasteiger partial charge on any atom is 0.416 e. The highest BCUT2D eigenvalue weighted by molar-refractivity contribution is 5.77. The van der Waals surface area contributed by atoms with Crippen LogP contribution in [0.15, 0.2) is 24.3 Å². The molecule has 1 fully saturated rings. The summed E-state index contributed by atoms with van der Waals surface area (Å²) in [5.74, 6) is -0.309. The van der Waals surface area contributed by atoms with Crippen LogP contribution in [0.2, 0.25) is 0 Å². The number of alkyl halides is 3. The molecule has 1 amide bonds. The zero-order chi connectivity index (χ0) is 17.9. The second kappa shape index (κ2) is 7.55. The molecule has 1 aliphatic rings. The van der Waals surface area contributed by atoms with Crippen LogP contribution < -0.4 is 5.73 Å². The van der Waals surface area contributed by atoms with Crippen molar-refractivity contribution in [1.82, 2.24) is 4.90 Å². The van der Waals surface area contributed by atoms with Crippen molar-refractivity contribution < 1.29 is 18.0 Å². The van der Waals surface area contributed by atoms with Crippen molar-refractivity contribution >= 4 is 5.91 Å². The Balaban J connectivity index is 2.07. The lowest BCUT2D eigenvalue weighted by Crippen LogP contribution is -2.45. The van der Waals surface area contributed by atoms with E-state index in [-0.39, 0.29) is 29.9 Å². The maximum atomic E-state index is 13.1. The van der Waals surface area contributed by atoms with Gasteiger partial charge in [0, 0.05) is 25.6 Å². The molecule has 1 heterocycles. The monoisotopic (exact) mass is 342 g/mol. The Labute approximate surface area is 141 Å². The number of piperidine rings is 1. The molecule has 1 saturated heterocycles. The third-order valence-electron chi connectivity index (χ3n) is 4.83. The van der Waals surface area contributed by atoms with E-state index in [0.717, 1.165) is 18.9 Å². The van der Waals surface area contributed by atoms with Crippen LogP contribution in [-0.2, 0) is 11.0 Å². The van der Waals surface area contributed by atoms with Gasteiger partial charge in [0.05, 0.1) is 5.56 Å². The molecule has 0 unspecified atom stereocenters. The molecule has 0 spiro atoms. The fourth-order valence-electron chi connectivity index (χ4n) is 3.35. The first kappa shape index (κ1) is 18.8. The summed E-state index contributed by atoms with van der Waals surface area (Å²) in [6.45, 7) is 4.87. The van der Waals surface area contributed by atoms with Gasteiger partial charge in [0.15, 0.2) is 0 Å². The van der Waals surface area contributed by atoms with Crippen molar-refractivity contribution in [2.45, 2.75) is 51.2 Å². The summed E-state index contributed by atoms with van der Waals surface area (Å²) in [5, 5.41) is 0. The maximum absolute atomic E-state index is 13.1. The number of likely N-dealkylation sites (tertiary alicyclic amines) is 1. The first-order valence-electron chi connectivity index (χ1n) is 8.39. The first-order valence-corrected chi connectivity index (χ1v) is 8.39. The van der Waals surface area contributed by atoms with Gasteiger partial charge in [-0.1, -0.05) is 25.1 Å². The van der Waals surface area contributed by atoms with Crippen molar-refractivity contribution in [2.75, 3.05) is 13.1 Å². The van der Waals surface area contributed by atoms with Crippen LogP contribution in [-0.4, -0.2) is 29.9 Å². The van der Waals surface area contributed by atoms with Gasteiger partial charge in [0.2, 0.25) is 5.91 Å². The number of hydrogen-bond donors (Lipinski definition) is 1. The molecule has 0 radical (unpaired) electrons. The summed E-state index contributed by atoms with van der Waals surface area (Å²) < 4.78 is 39.4. The summed E-state index contributed by atoms with van der Waals surface area (Å²) in [6.07, 6.45) is -2.43. The largest absolute Gasteiger partial charge is 0.416 e. The van der Waals surface area contributed by atoms with E-state index < -0.39 is 17.7 Å². The number of nitrogens with two attached hydrogens (primary N) is 1. The van der Waals surface area contributed by atoms with E-state index in [9.17, 15) is 18.0 Å². The lowest BCUT2D eigenvalue weighted by atomic mass is 9.90.